The second-order valence-corrected chi connectivity index (χ2v) is 8.64. The lowest BCUT2D eigenvalue weighted by Gasteiger charge is -2.16. The summed E-state index contributed by atoms with van der Waals surface area (Å²) in [6, 6.07) is 5.19. The van der Waals surface area contributed by atoms with Gasteiger partial charge in [-0.1, -0.05) is 38.7 Å². The summed E-state index contributed by atoms with van der Waals surface area (Å²) in [5.41, 5.74) is 1.16. The van der Waals surface area contributed by atoms with E-state index < -0.39 is 10.0 Å². The quantitative estimate of drug-likeness (QED) is 0.448. The molecule has 0 atom stereocenters. The molecule has 0 aliphatic heterocycles. The Morgan fingerprint density at radius 1 is 1.11 bits per heavy atom. The highest BCUT2D eigenvalue weighted by atomic mass is 35.5. The van der Waals surface area contributed by atoms with Crippen molar-refractivity contribution < 1.29 is 13.2 Å². The molecule has 1 aromatic rings. The predicted octanol–water partition coefficient (Wildman–Crippen LogP) is 2.76. The Balaban J connectivity index is 0.00000364. The smallest absolute Gasteiger partial charge is 0.251 e. The minimum atomic E-state index is -3.57. The van der Waals surface area contributed by atoms with Crippen LogP contribution in [-0.2, 0) is 10.0 Å². The molecule has 0 spiro atoms. The van der Waals surface area contributed by atoms with Crippen LogP contribution in [0, 0.1) is 6.92 Å². The number of hydrogen-bond donors (Lipinski definition) is 3. The van der Waals surface area contributed by atoms with E-state index in [2.05, 4.69) is 15.4 Å². The third-order valence-electron chi connectivity index (χ3n) is 4.80. The Kier molecular flexibility index (Phi) is 10.3. The number of aryl methyl sites for hydroxylation is 1. The van der Waals surface area contributed by atoms with E-state index in [9.17, 15) is 13.2 Å². The number of halogens is 1. The van der Waals surface area contributed by atoms with Gasteiger partial charge in [0, 0.05) is 31.2 Å². The first-order valence-electron chi connectivity index (χ1n) is 9.56. The minimum Gasteiger partial charge on any atom is -0.351 e. The number of amides is 1. The van der Waals surface area contributed by atoms with Gasteiger partial charge in [0.15, 0.2) is 0 Å². The van der Waals surface area contributed by atoms with Crippen molar-refractivity contribution in [2.45, 2.75) is 63.3 Å². The third kappa shape index (κ3) is 7.41. The zero-order valence-electron chi connectivity index (χ0n) is 16.2. The van der Waals surface area contributed by atoms with Crippen LogP contribution in [0.15, 0.2) is 23.1 Å². The lowest BCUT2D eigenvalue weighted by atomic mass is 10.1. The second kappa shape index (κ2) is 11.6. The monoisotopic (exact) mass is 417 g/mol. The number of rotatable bonds is 8. The average Bonchev–Trinajstić information content (AvgIpc) is 2.87. The topological polar surface area (TPSA) is 87.3 Å². The van der Waals surface area contributed by atoms with Crippen LogP contribution < -0.4 is 15.4 Å². The fourth-order valence-electron chi connectivity index (χ4n) is 3.32. The van der Waals surface area contributed by atoms with Gasteiger partial charge in [0.05, 0.1) is 4.90 Å². The summed E-state index contributed by atoms with van der Waals surface area (Å²) in [4.78, 5) is 12.6. The van der Waals surface area contributed by atoms with E-state index >= 15 is 0 Å². The van der Waals surface area contributed by atoms with Gasteiger partial charge in [0.1, 0.15) is 0 Å². The number of carbonyl (C=O) groups is 1. The van der Waals surface area contributed by atoms with Gasteiger partial charge in [-0.2, -0.15) is 0 Å². The molecule has 0 unspecified atom stereocenters. The first-order chi connectivity index (χ1) is 12.4. The van der Waals surface area contributed by atoms with Gasteiger partial charge in [0.25, 0.3) is 5.91 Å². The average molecular weight is 418 g/mol. The molecular formula is C19H32ClN3O3S. The number of sulfonamides is 1. The van der Waals surface area contributed by atoms with Crippen LogP contribution in [0.1, 0.15) is 61.4 Å². The largest absolute Gasteiger partial charge is 0.351 e. The van der Waals surface area contributed by atoms with E-state index in [4.69, 9.17) is 0 Å². The van der Waals surface area contributed by atoms with Gasteiger partial charge in [-0.05, 0) is 37.5 Å². The molecule has 0 saturated heterocycles. The van der Waals surface area contributed by atoms with Crippen LogP contribution in [0.2, 0.25) is 0 Å². The third-order valence-corrected chi connectivity index (χ3v) is 6.34. The van der Waals surface area contributed by atoms with Crippen molar-refractivity contribution in [3.63, 3.8) is 0 Å². The van der Waals surface area contributed by atoms with Gasteiger partial charge in [-0.3, -0.25) is 4.79 Å². The first kappa shape index (κ1) is 23.9. The zero-order valence-corrected chi connectivity index (χ0v) is 17.8. The summed E-state index contributed by atoms with van der Waals surface area (Å²) < 4.78 is 26.7. The maximum absolute atomic E-state index is 12.5. The molecule has 3 N–H and O–H groups in total. The fraction of sp³-hybridized carbons (Fsp3) is 0.632. The van der Waals surface area contributed by atoms with Crippen LogP contribution in [0.5, 0.6) is 0 Å². The summed E-state index contributed by atoms with van der Waals surface area (Å²) in [5.74, 6) is -0.237. The standard InChI is InChI=1S/C19H31N3O3S.ClH/c1-3-22-26(24,25)17-11-10-15(2)18(14-17)19(23)21-13-12-20-16-8-6-4-5-7-9-16;/h10-11,14,16,20,22H,3-9,12-13H2,1-2H3,(H,21,23);1H. The van der Waals surface area contributed by atoms with Crippen molar-refractivity contribution >= 4 is 28.3 Å². The van der Waals surface area contributed by atoms with Crippen LogP contribution >= 0.6 is 12.4 Å². The SMILES string of the molecule is CCNS(=O)(=O)c1ccc(C)c(C(=O)NCCNC2CCCCCC2)c1.Cl. The van der Waals surface area contributed by atoms with E-state index in [-0.39, 0.29) is 23.2 Å². The summed E-state index contributed by atoms with van der Waals surface area (Å²) >= 11 is 0. The lowest BCUT2D eigenvalue weighted by Crippen LogP contribution is -2.37. The molecule has 0 aromatic heterocycles. The molecule has 27 heavy (non-hydrogen) atoms. The van der Waals surface area contributed by atoms with Crippen molar-refractivity contribution in [3.8, 4) is 0 Å². The van der Waals surface area contributed by atoms with Gasteiger partial charge in [-0.25, -0.2) is 13.1 Å². The predicted molar refractivity (Wildman–Crippen MR) is 111 cm³/mol. The van der Waals surface area contributed by atoms with Crippen LogP contribution in [0.25, 0.3) is 0 Å². The van der Waals surface area contributed by atoms with E-state index in [1.807, 2.05) is 6.92 Å². The molecule has 1 aliphatic rings. The van der Waals surface area contributed by atoms with Crippen molar-refractivity contribution in [1.29, 1.82) is 0 Å². The summed E-state index contributed by atoms with van der Waals surface area (Å²) in [6.45, 7) is 5.09. The fourth-order valence-corrected chi connectivity index (χ4v) is 4.38. The zero-order chi connectivity index (χ0) is 19.0. The number of benzene rings is 1. The van der Waals surface area contributed by atoms with Crippen LogP contribution in [0.4, 0.5) is 0 Å². The molecule has 1 amide bonds. The maximum Gasteiger partial charge on any atom is 0.251 e. The van der Waals surface area contributed by atoms with Crippen LogP contribution in [-0.4, -0.2) is 40.0 Å². The molecule has 1 saturated carbocycles. The molecule has 8 heteroatoms. The van der Waals surface area contributed by atoms with Crippen LogP contribution in [0.3, 0.4) is 0 Å². The minimum absolute atomic E-state index is 0. The molecule has 0 radical (unpaired) electrons. The Bertz CT molecular complexity index is 702. The van der Waals surface area contributed by atoms with Gasteiger partial charge >= 0.3 is 0 Å². The highest BCUT2D eigenvalue weighted by molar-refractivity contribution is 7.89. The van der Waals surface area contributed by atoms with E-state index in [1.165, 1.54) is 50.7 Å². The second-order valence-electron chi connectivity index (χ2n) is 6.88. The molecule has 1 aliphatic carbocycles. The molecule has 154 valence electrons. The first-order valence-corrected chi connectivity index (χ1v) is 11.0. The van der Waals surface area contributed by atoms with Crippen molar-refractivity contribution in [2.24, 2.45) is 0 Å². The van der Waals surface area contributed by atoms with Gasteiger partial charge in [0.2, 0.25) is 10.0 Å². The van der Waals surface area contributed by atoms with Gasteiger partial charge < -0.3 is 10.6 Å². The Labute approximate surface area is 169 Å². The van der Waals surface area contributed by atoms with E-state index in [0.717, 1.165) is 12.1 Å². The summed E-state index contributed by atoms with van der Waals surface area (Å²) in [5, 5.41) is 6.40. The summed E-state index contributed by atoms with van der Waals surface area (Å²) in [6.07, 6.45) is 7.60. The highest BCUT2D eigenvalue weighted by Crippen LogP contribution is 2.17. The number of carbonyl (C=O) groups excluding carboxylic acids is 1. The Hall–Kier alpha value is -1.15. The molecule has 1 aromatic carbocycles. The lowest BCUT2D eigenvalue weighted by molar-refractivity contribution is 0.0952. The number of hydrogen-bond acceptors (Lipinski definition) is 4. The highest BCUT2D eigenvalue weighted by Gasteiger charge is 2.17. The Morgan fingerprint density at radius 3 is 2.41 bits per heavy atom. The van der Waals surface area contributed by atoms with Gasteiger partial charge in [-0.15, -0.1) is 12.4 Å². The molecule has 2 rings (SSSR count). The van der Waals surface area contributed by atoms with Crippen molar-refractivity contribution in [2.75, 3.05) is 19.6 Å². The molecule has 6 nitrogen and oxygen atoms in total. The van der Waals surface area contributed by atoms with Crippen molar-refractivity contribution in [1.82, 2.24) is 15.4 Å². The van der Waals surface area contributed by atoms with E-state index in [0.29, 0.717) is 24.7 Å². The molecule has 0 bridgehead atoms. The molecule has 0 heterocycles. The molecular weight excluding hydrogens is 386 g/mol. The van der Waals surface area contributed by atoms with Crippen molar-refractivity contribution in [3.05, 3.63) is 29.3 Å². The Morgan fingerprint density at radius 2 is 1.78 bits per heavy atom. The van der Waals surface area contributed by atoms with E-state index in [1.54, 1.807) is 13.0 Å². The normalized spacial score (nSPS) is 15.6. The maximum atomic E-state index is 12.5. The number of nitrogens with one attached hydrogen (secondary N) is 3. The summed E-state index contributed by atoms with van der Waals surface area (Å²) in [7, 11) is -3.57. The molecule has 1 fully saturated rings.